The molecule has 152 valence electrons. The number of dihydropyridines is 1. The molecule has 1 aliphatic heterocycles. The van der Waals surface area contributed by atoms with E-state index in [1.807, 2.05) is 0 Å². The van der Waals surface area contributed by atoms with Crippen molar-refractivity contribution in [1.82, 2.24) is 15.3 Å². The number of nitrogens with zero attached hydrogens (tertiary/aromatic N) is 1. The summed E-state index contributed by atoms with van der Waals surface area (Å²) in [6.45, 7) is -1.01. The van der Waals surface area contributed by atoms with Gasteiger partial charge in [0, 0.05) is 28.9 Å². The largest absolute Gasteiger partial charge is 0.478 e. The van der Waals surface area contributed by atoms with Gasteiger partial charge in [0.15, 0.2) is 5.16 Å². The first-order valence-corrected chi connectivity index (χ1v) is 9.81. The topological polar surface area (TPSA) is 104 Å². The van der Waals surface area contributed by atoms with Crippen molar-refractivity contribution in [3.63, 3.8) is 0 Å². The van der Waals surface area contributed by atoms with Crippen LogP contribution in [0.2, 0.25) is 5.02 Å². The Kier molecular flexibility index (Phi) is 6.60. The van der Waals surface area contributed by atoms with Crippen molar-refractivity contribution in [2.45, 2.75) is 11.1 Å². The van der Waals surface area contributed by atoms with Gasteiger partial charge in [-0.05, 0) is 11.6 Å². The molecule has 29 heavy (non-hydrogen) atoms. The van der Waals surface area contributed by atoms with Crippen molar-refractivity contribution in [1.29, 1.82) is 0 Å². The summed E-state index contributed by atoms with van der Waals surface area (Å²) in [6, 6.07) is 6.55. The van der Waals surface area contributed by atoms with E-state index >= 15 is 0 Å². The third-order valence-electron chi connectivity index (χ3n) is 4.34. The van der Waals surface area contributed by atoms with Crippen molar-refractivity contribution in [3.05, 3.63) is 69.8 Å². The van der Waals surface area contributed by atoms with Crippen LogP contribution < -0.4 is 5.32 Å². The summed E-state index contributed by atoms with van der Waals surface area (Å²) in [5.41, 5.74) is 0.354. The van der Waals surface area contributed by atoms with E-state index in [-0.39, 0.29) is 33.3 Å². The average molecular weight is 438 g/mol. The van der Waals surface area contributed by atoms with Crippen molar-refractivity contribution in [2.24, 2.45) is 0 Å². The zero-order valence-corrected chi connectivity index (χ0v) is 16.8. The van der Waals surface area contributed by atoms with Crippen LogP contribution in [0.15, 0.2) is 64.4 Å². The molecule has 0 amide bonds. The van der Waals surface area contributed by atoms with Crippen LogP contribution in [0.25, 0.3) is 0 Å². The predicted molar refractivity (Wildman–Crippen MR) is 106 cm³/mol. The number of aromatic amines is 1. The summed E-state index contributed by atoms with van der Waals surface area (Å²) in [7, 11) is 1.15. The number of rotatable bonds is 7. The number of aromatic nitrogens is 2. The van der Waals surface area contributed by atoms with Crippen LogP contribution in [0.4, 0.5) is 4.39 Å². The van der Waals surface area contributed by atoms with Gasteiger partial charge in [0.25, 0.3) is 0 Å². The molecule has 7 nitrogen and oxygen atoms in total. The molecule has 1 aromatic carbocycles. The second kappa shape index (κ2) is 9.15. The first kappa shape index (κ1) is 20.9. The molecule has 0 radical (unpaired) electrons. The van der Waals surface area contributed by atoms with Gasteiger partial charge in [0.05, 0.1) is 29.9 Å². The molecule has 0 saturated heterocycles. The van der Waals surface area contributed by atoms with Gasteiger partial charge in [-0.1, -0.05) is 41.6 Å². The SMILES string of the molecule is COC(=O)C1=C(CF)NC(CSc2ncc[nH]2)=C(C(=O)O)C1c1ccccc1Cl. The Morgan fingerprint density at radius 3 is 2.66 bits per heavy atom. The highest BCUT2D eigenvalue weighted by Gasteiger charge is 2.39. The van der Waals surface area contributed by atoms with Gasteiger partial charge in [-0.3, -0.25) is 0 Å². The van der Waals surface area contributed by atoms with Gasteiger partial charge in [-0.2, -0.15) is 0 Å². The third-order valence-corrected chi connectivity index (χ3v) is 5.62. The number of thioether (sulfide) groups is 1. The lowest BCUT2D eigenvalue weighted by molar-refractivity contribution is -0.136. The molecule has 1 atom stereocenters. The highest BCUT2D eigenvalue weighted by molar-refractivity contribution is 7.99. The minimum absolute atomic E-state index is 0.0539. The fourth-order valence-corrected chi connectivity index (χ4v) is 4.16. The average Bonchev–Trinajstić information content (AvgIpc) is 3.24. The number of imidazole rings is 1. The Bertz CT molecular complexity index is 991. The summed E-state index contributed by atoms with van der Waals surface area (Å²) < 4.78 is 18.7. The Balaban J connectivity index is 2.16. The van der Waals surface area contributed by atoms with E-state index in [4.69, 9.17) is 16.3 Å². The van der Waals surface area contributed by atoms with E-state index in [0.29, 0.717) is 10.7 Å². The first-order valence-electron chi connectivity index (χ1n) is 8.45. The zero-order chi connectivity index (χ0) is 21.0. The quantitative estimate of drug-likeness (QED) is 0.451. The summed E-state index contributed by atoms with van der Waals surface area (Å²) >= 11 is 7.55. The number of methoxy groups -OCH3 is 1. The van der Waals surface area contributed by atoms with E-state index in [9.17, 15) is 19.1 Å². The van der Waals surface area contributed by atoms with E-state index in [1.54, 1.807) is 36.7 Å². The Morgan fingerprint density at radius 2 is 2.07 bits per heavy atom. The van der Waals surface area contributed by atoms with Gasteiger partial charge in [0.2, 0.25) is 0 Å². The summed E-state index contributed by atoms with van der Waals surface area (Å²) in [5.74, 6) is -3.01. The molecular formula is C19H17ClFN3O4S. The predicted octanol–water partition coefficient (Wildman–Crippen LogP) is 3.28. The van der Waals surface area contributed by atoms with Crippen LogP contribution in [0.5, 0.6) is 0 Å². The Morgan fingerprint density at radius 1 is 1.31 bits per heavy atom. The number of alkyl halides is 1. The zero-order valence-electron chi connectivity index (χ0n) is 15.2. The first-order chi connectivity index (χ1) is 14.0. The molecule has 0 fully saturated rings. The molecule has 10 heteroatoms. The molecule has 1 unspecified atom stereocenters. The van der Waals surface area contributed by atoms with E-state index in [2.05, 4.69) is 15.3 Å². The maximum absolute atomic E-state index is 13.9. The van der Waals surface area contributed by atoms with Crippen molar-refractivity contribution >= 4 is 35.3 Å². The number of benzene rings is 1. The van der Waals surface area contributed by atoms with E-state index in [0.717, 1.165) is 7.11 Å². The van der Waals surface area contributed by atoms with Gasteiger partial charge < -0.3 is 20.1 Å². The van der Waals surface area contributed by atoms with Crippen LogP contribution in [-0.2, 0) is 14.3 Å². The monoisotopic (exact) mass is 437 g/mol. The Labute approximate surface area is 175 Å². The fourth-order valence-electron chi connectivity index (χ4n) is 3.12. The maximum atomic E-state index is 13.9. The number of carbonyl (C=O) groups excluding carboxylic acids is 1. The summed E-state index contributed by atoms with van der Waals surface area (Å²) in [6.07, 6.45) is 3.20. The lowest BCUT2D eigenvalue weighted by atomic mass is 9.80. The van der Waals surface area contributed by atoms with Crippen LogP contribution in [0.1, 0.15) is 11.5 Å². The molecule has 3 rings (SSSR count). The molecule has 3 N–H and O–H groups in total. The van der Waals surface area contributed by atoms with Gasteiger partial charge in [0.1, 0.15) is 6.67 Å². The van der Waals surface area contributed by atoms with Crippen molar-refractivity contribution < 1.29 is 23.8 Å². The molecule has 0 aliphatic carbocycles. The number of carboxylic acids is 1. The number of allylic oxidation sites excluding steroid dienone is 1. The number of hydrogen-bond donors (Lipinski definition) is 3. The molecule has 0 bridgehead atoms. The van der Waals surface area contributed by atoms with Crippen molar-refractivity contribution in [3.8, 4) is 0 Å². The lowest BCUT2D eigenvalue weighted by Crippen LogP contribution is -2.35. The van der Waals surface area contributed by atoms with Gasteiger partial charge >= 0.3 is 11.9 Å². The number of nitrogens with one attached hydrogen (secondary N) is 2. The van der Waals surface area contributed by atoms with E-state index < -0.39 is 24.5 Å². The second-order valence-electron chi connectivity index (χ2n) is 5.98. The van der Waals surface area contributed by atoms with Crippen LogP contribution in [-0.4, -0.2) is 46.6 Å². The number of hydrogen-bond acceptors (Lipinski definition) is 6. The second-order valence-corrected chi connectivity index (χ2v) is 7.35. The van der Waals surface area contributed by atoms with Crippen LogP contribution in [0, 0.1) is 0 Å². The number of carboxylic acid groups (broad SMARTS) is 1. The summed E-state index contributed by atoms with van der Waals surface area (Å²) in [4.78, 5) is 31.7. The molecule has 2 aromatic rings. The van der Waals surface area contributed by atoms with Crippen molar-refractivity contribution in [2.75, 3.05) is 19.5 Å². The molecule has 1 aromatic heterocycles. The highest BCUT2D eigenvalue weighted by Crippen LogP contribution is 2.42. The Hall–Kier alpha value is -2.78. The normalized spacial score (nSPS) is 16.6. The summed E-state index contributed by atoms with van der Waals surface area (Å²) in [5, 5.41) is 13.6. The molecule has 0 spiro atoms. The number of H-pyrrole nitrogens is 1. The van der Waals surface area contributed by atoms with Crippen LogP contribution in [0.3, 0.4) is 0 Å². The number of halogens is 2. The minimum atomic E-state index is -1.25. The number of carbonyl (C=O) groups is 2. The number of aliphatic carboxylic acids is 1. The third kappa shape index (κ3) is 4.30. The fraction of sp³-hybridized carbons (Fsp3) is 0.211. The van der Waals surface area contributed by atoms with Gasteiger partial charge in [-0.15, -0.1) is 0 Å². The van der Waals surface area contributed by atoms with Gasteiger partial charge in [-0.25, -0.2) is 19.0 Å². The molecule has 2 heterocycles. The molecular weight excluding hydrogens is 421 g/mol. The smallest absolute Gasteiger partial charge is 0.336 e. The van der Waals surface area contributed by atoms with Crippen LogP contribution >= 0.6 is 23.4 Å². The lowest BCUT2D eigenvalue weighted by Gasteiger charge is -2.31. The number of esters is 1. The van der Waals surface area contributed by atoms with E-state index in [1.165, 1.54) is 11.8 Å². The molecule has 0 saturated carbocycles. The maximum Gasteiger partial charge on any atom is 0.336 e. The standard InChI is InChI=1S/C19H17ClFN3O4S/c1-28-18(27)16-12(8-21)24-13(9-29-19-22-6-7-23-19)15(17(25)26)14(16)10-4-2-3-5-11(10)20/h2-7,14,24H,8-9H2,1H3,(H,22,23)(H,25,26). The number of ether oxygens (including phenoxy) is 1. The minimum Gasteiger partial charge on any atom is -0.478 e. The highest BCUT2D eigenvalue weighted by atomic mass is 35.5. The molecule has 1 aliphatic rings.